The summed E-state index contributed by atoms with van der Waals surface area (Å²) >= 11 is 12.2. The third-order valence-electron chi connectivity index (χ3n) is 3.71. The van der Waals surface area contributed by atoms with E-state index in [0.717, 1.165) is 5.56 Å². The molecule has 1 aliphatic heterocycles. The van der Waals surface area contributed by atoms with Crippen molar-refractivity contribution in [3.8, 4) is 0 Å². The minimum absolute atomic E-state index is 0.0770. The van der Waals surface area contributed by atoms with E-state index in [1.165, 1.54) is 0 Å². The molecule has 1 aliphatic rings. The maximum Gasteiger partial charge on any atom is 0.245 e. The molecular weight excluding hydrogens is 311 g/mol. The van der Waals surface area contributed by atoms with Gasteiger partial charge in [0.25, 0.3) is 0 Å². The van der Waals surface area contributed by atoms with Crippen LogP contribution >= 0.6 is 23.2 Å². The van der Waals surface area contributed by atoms with Crippen LogP contribution in [-0.4, -0.2) is 28.8 Å². The topological polar surface area (TPSA) is 49.4 Å². The Morgan fingerprint density at radius 3 is 2.71 bits per heavy atom. The third-order valence-corrected chi connectivity index (χ3v) is 4.57. The maximum atomic E-state index is 12.6. The van der Waals surface area contributed by atoms with Gasteiger partial charge in [-0.2, -0.15) is 0 Å². The van der Waals surface area contributed by atoms with Gasteiger partial charge >= 0.3 is 0 Å². The summed E-state index contributed by atoms with van der Waals surface area (Å²) in [6, 6.07) is 4.71. The molecule has 1 heterocycles. The molecule has 4 nitrogen and oxygen atoms in total. The average Bonchev–Trinajstić information content (AvgIpc) is 2.54. The Kier molecular flexibility index (Phi) is 5.12. The van der Waals surface area contributed by atoms with E-state index in [2.05, 4.69) is 5.32 Å². The molecule has 2 rings (SSSR count). The van der Waals surface area contributed by atoms with E-state index in [9.17, 15) is 9.59 Å². The number of amides is 2. The Morgan fingerprint density at radius 2 is 2.05 bits per heavy atom. The molecule has 1 saturated heterocycles. The van der Waals surface area contributed by atoms with Gasteiger partial charge in [0.1, 0.15) is 6.04 Å². The van der Waals surface area contributed by atoms with Gasteiger partial charge in [-0.05, 0) is 25.0 Å². The molecule has 0 spiro atoms. The normalized spacial score (nSPS) is 23.0. The molecule has 1 fully saturated rings. The minimum Gasteiger partial charge on any atom is -0.344 e. The van der Waals surface area contributed by atoms with Crippen molar-refractivity contribution in [2.45, 2.75) is 45.3 Å². The van der Waals surface area contributed by atoms with Crippen LogP contribution in [0.25, 0.3) is 0 Å². The van der Waals surface area contributed by atoms with Crippen LogP contribution < -0.4 is 5.32 Å². The lowest BCUT2D eigenvalue weighted by atomic mass is 10.1. The van der Waals surface area contributed by atoms with Gasteiger partial charge in [0, 0.05) is 19.0 Å². The van der Waals surface area contributed by atoms with Gasteiger partial charge in [-0.3, -0.25) is 9.59 Å². The van der Waals surface area contributed by atoms with E-state index in [-0.39, 0.29) is 17.9 Å². The summed E-state index contributed by atoms with van der Waals surface area (Å²) in [5, 5.41) is 3.68. The molecule has 0 aliphatic carbocycles. The van der Waals surface area contributed by atoms with E-state index in [1.54, 1.807) is 17.0 Å². The molecule has 1 N–H and O–H groups in total. The quantitative estimate of drug-likeness (QED) is 0.927. The summed E-state index contributed by atoms with van der Waals surface area (Å²) in [6.07, 6.45) is 0.859. The molecule has 114 valence electrons. The summed E-state index contributed by atoms with van der Waals surface area (Å²) in [6.45, 7) is 4.10. The Hall–Kier alpha value is -1.26. The van der Waals surface area contributed by atoms with Crippen LogP contribution in [0.1, 0.15) is 32.3 Å². The fraction of sp³-hybridized carbons (Fsp3) is 0.467. The van der Waals surface area contributed by atoms with Crippen molar-refractivity contribution < 1.29 is 9.59 Å². The second-order valence-corrected chi connectivity index (χ2v) is 6.05. The van der Waals surface area contributed by atoms with E-state index in [4.69, 9.17) is 23.2 Å². The predicted molar refractivity (Wildman–Crippen MR) is 83.3 cm³/mol. The number of halogens is 2. The van der Waals surface area contributed by atoms with Crippen LogP contribution in [0.4, 0.5) is 0 Å². The molecule has 0 bridgehead atoms. The summed E-state index contributed by atoms with van der Waals surface area (Å²) in [5.41, 5.74) is 0.786. The second kappa shape index (κ2) is 6.67. The average molecular weight is 329 g/mol. The van der Waals surface area contributed by atoms with Gasteiger partial charge in [-0.15, -0.1) is 0 Å². The number of nitrogens with one attached hydrogen (secondary N) is 1. The van der Waals surface area contributed by atoms with E-state index < -0.39 is 6.04 Å². The zero-order chi connectivity index (χ0) is 15.6. The zero-order valence-corrected chi connectivity index (χ0v) is 13.5. The number of benzene rings is 1. The smallest absolute Gasteiger partial charge is 0.245 e. The Labute approximate surface area is 134 Å². The summed E-state index contributed by atoms with van der Waals surface area (Å²) in [7, 11) is 0. The predicted octanol–water partition coefficient (Wildman–Crippen LogP) is 3.01. The number of hydrogen-bond donors (Lipinski definition) is 1. The lowest BCUT2D eigenvalue weighted by Crippen LogP contribution is -2.45. The number of nitrogens with zero attached hydrogens (tertiary/aromatic N) is 1. The maximum absolute atomic E-state index is 12.6. The summed E-state index contributed by atoms with van der Waals surface area (Å²) in [5.74, 6) is -0.172. The van der Waals surface area contributed by atoms with Crippen LogP contribution in [0.3, 0.4) is 0 Å². The van der Waals surface area contributed by atoms with E-state index >= 15 is 0 Å². The lowest BCUT2D eigenvalue weighted by Gasteiger charge is -2.29. The highest BCUT2D eigenvalue weighted by Gasteiger charge is 2.33. The van der Waals surface area contributed by atoms with Crippen LogP contribution in [-0.2, 0) is 16.1 Å². The molecule has 21 heavy (non-hydrogen) atoms. The molecule has 1 aromatic rings. The highest BCUT2D eigenvalue weighted by Crippen LogP contribution is 2.28. The van der Waals surface area contributed by atoms with Gasteiger partial charge in [0.05, 0.1) is 10.0 Å². The number of hydrogen-bond acceptors (Lipinski definition) is 2. The highest BCUT2D eigenvalue weighted by molar-refractivity contribution is 6.42. The van der Waals surface area contributed by atoms with Crippen molar-refractivity contribution >= 4 is 35.0 Å². The first-order valence-corrected chi connectivity index (χ1v) is 7.72. The zero-order valence-electron chi connectivity index (χ0n) is 12.0. The fourth-order valence-electron chi connectivity index (χ4n) is 2.48. The Morgan fingerprint density at radius 1 is 1.33 bits per heavy atom. The van der Waals surface area contributed by atoms with Crippen molar-refractivity contribution in [1.29, 1.82) is 0 Å². The lowest BCUT2D eigenvalue weighted by molar-refractivity contribution is -0.135. The molecule has 0 aromatic heterocycles. The van der Waals surface area contributed by atoms with Crippen LogP contribution in [0.5, 0.6) is 0 Å². The van der Waals surface area contributed by atoms with Gasteiger partial charge in [-0.25, -0.2) is 0 Å². The minimum atomic E-state index is -0.472. The SMILES string of the molecule is CCC1NC(=O)CC(C)N(Cc2cccc(Cl)c2Cl)C1=O. The van der Waals surface area contributed by atoms with Crippen molar-refractivity contribution in [1.82, 2.24) is 10.2 Å². The van der Waals surface area contributed by atoms with Crippen molar-refractivity contribution in [3.63, 3.8) is 0 Å². The standard InChI is InChI=1S/C15H18Cl2N2O2/c1-3-12-15(21)19(9(2)7-13(20)18-12)8-10-5-4-6-11(16)14(10)17/h4-6,9,12H,3,7-8H2,1-2H3,(H,18,20). The Balaban J connectivity index is 2.29. The fourth-order valence-corrected chi connectivity index (χ4v) is 2.86. The molecule has 2 amide bonds. The molecule has 1 aromatic carbocycles. The molecule has 0 radical (unpaired) electrons. The molecular formula is C15H18Cl2N2O2. The molecule has 0 saturated carbocycles. The third kappa shape index (κ3) is 3.50. The van der Waals surface area contributed by atoms with Crippen LogP contribution in [0, 0.1) is 0 Å². The van der Waals surface area contributed by atoms with E-state index in [0.29, 0.717) is 29.4 Å². The van der Waals surface area contributed by atoms with E-state index in [1.807, 2.05) is 19.9 Å². The van der Waals surface area contributed by atoms with Gasteiger partial charge in [0.2, 0.25) is 11.8 Å². The highest BCUT2D eigenvalue weighted by atomic mass is 35.5. The number of carbonyl (C=O) groups excluding carboxylic acids is 2. The first kappa shape index (κ1) is 16.1. The monoisotopic (exact) mass is 328 g/mol. The van der Waals surface area contributed by atoms with Gasteiger partial charge < -0.3 is 10.2 Å². The van der Waals surface area contributed by atoms with Crippen molar-refractivity contribution in [2.75, 3.05) is 0 Å². The first-order valence-electron chi connectivity index (χ1n) is 6.96. The van der Waals surface area contributed by atoms with Crippen molar-refractivity contribution in [3.05, 3.63) is 33.8 Å². The molecule has 2 unspecified atom stereocenters. The number of carbonyl (C=O) groups is 2. The first-order chi connectivity index (χ1) is 9.93. The molecule has 2 atom stereocenters. The second-order valence-electron chi connectivity index (χ2n) is 5.26. The summed E-state index contributed by atoms with van der Waals surface area (Å²) in [4.78, 5) is 26.1. The largest absolute Gasteiger partial charge is 0.344 e. The summed E-state index contributed by atoms with van der Waals surface area (Å²) < 4.78 is 0. The van der Waals surface area contributed by atoms with Crippen LogP contribution in [0.15, 0.2) is 18.2 Å². The van der Waals surface area contributed by atoms with Crippen LogP contribution in [0.2, 0.25) is 10.0 Å². The van der Waals surface area contributed by atoms with Gasteiger partial charge in [0.15, 0.2) is 0 Å². The van der Waals surface area contributed by atoms with Crippen molar-refractivity contribution in [2.24, 2.45) is 0 Å². The number of rotatable bonds is 3. The van der Waals surface area contributed by atoms with Gasteiger partial charge in [-0.1, -0.05) is 42.3 Å². The Bertz CT molecular complexity index is 563. The molecule has 6 heteroatoms.